The van der Waals surface area contributed by atoms with Crippen molar-refractivity contribution < 1.29 is 9.18 Å². The van der Waals surface area contributed by atoms with Crippen LogP contribution in [0, 0.1) is 5.82 Å². The minimum atomic E-state index is -0.481. The Morgan fingerprint density at radius 3 is 2.62 bits per heavy atom. The third-order valence-corrected chi connectivity index (χ3v) is 3.19. The maximum Gasteiger partial charge on any atom is 0.153 e. The summed E-state index contributed by atoms with van der Waals surface area (Å²) in [5.41, 5.74) is 1.94. The summed E-state index contributed by atoms with van der Waals surface area (Å²) in [4.78, 5) is 15.0. The molecule has 0 atom stereocenters. The number of aldehydes is 1. The Balaban J connectivity index is 2.10. The lowest BCUT2D eigenvalue weighted by molar-refractivity contribution is 0.112. The molecule has 0 saturated carbocycles. The van der Waals surface area contributed by atoms with Gasteiger partial charge in [0.25, 0.3) is 0 Å². The quantitative estimate of drug-likeness (QED) is 0.695. The van der Waals surface area contributed by atoms with Crippen molar-refractivity contribution in [2.75, 3.05) is 0 Å². The second-order valence-electron chi connectivity index (χ2n) is 4.36. The molecule has 6 heteroatoms. The number of pyridine rings is 1. The van der Waals surface area contributed by atoms with Gasteiger partial charge in [0.05, 0.1) is 17.4 Å². The lowest BCUT2D eigenvalue weighted by Crippen LogP contribution is -1.94. The van der Waals surface area contributed by atoms with E-state index in [-0.39, 0.29) is 0 Å². The van der Waals surface area contributed by atoms with E-state index in [9.17, 15) is 9.18 Å². The predicted octanol–water partition coefficient (Wildman–Crippen LogP) is 3.54. The highest BCUT2D eigenvalue weighted by atomic mass is 35.5. The second kappa shape index (κ2) is 5.46. The van der Waals surface area contributed by atoms with Gasteiger partial charge < -0.3 is 0 Å². The van der Waals surface area contributed by atoms with Gasteiger partial charge >= 0.3 is 0 Å². The Kier molecular flexibility index (Phi) is 3.50. The van der Waals surface area contributed by atoms with Crippen LogP contribution in [-0.2, 0) is 0 Å². The van der Waals surface area contributed by atoms with Gasteiger partial charge in [0.1, 0.15) is 11.5 Å². The van der Waals surface area contributed by atoms with Crippen molar-refractivity contribution in [3.05, 3.63) is 65.3 Å². The molecule has 0 amide bonds. The van der Waals surface area contributed by atoms with E-state index in [0.29, 0.717) is 28.1 Å². The van der Waals surface area contributed by atoms with E-state index in [1.165, 1.54) is 12.3 Å². The first kappa shape index (κ1) is 13.5. The Labute approximate surface area is 124 Å². The number of hydrogen-bond donors (Lipinski definition) is 0. The smallest absolute Gasteiger partial charge is 0.153 e. The Morgan fingerprint density at radius 1 is 1.19 bits per heavy atom. The molecule has 4 nitrogen and oxygen atoms in total. The van der Waals surface area contributed by atoms with Gasteiger partial charge in [-0.2, -0.15) is 5.10 Å². The Hall–Kier alpha value is -2.53. The fourth-order valence-electron chi connectivity index (χ4n) is 1.97. The molecule has 2 aromatic heterocycles. The van der Waals surface area contributed by atoms with Gasteiger partial charge in [0.15, 0.2) is 6.29 Å². The van der Waals surface area contributed by atoms with E-state index in [1.807, 2.05) is 0 Å². The molecule has 0 saturated heterocycles. The molecule has 3 rings (SSSR count). The van der Waals surface area contributed by atoms with E-state index in [1.54, 1.807) is 35.1 Å². The minimum absolute atomic E-state index is 0.359. The molecule has 0 aliphatic heterocycles. The zero-order chi connectivity index (χ0) is 14.8. The van der Waals surface area contributed by atoms with Crippen molar-refractivity contribution in [1.29, 1.82) is 0 Å². The first-order valence-electron chi connectivity index (χ1n) is 6.09. The van der Waals surface area contributed by atoms with Crippen LogP contribution in [0.3, 0.4) is 0 Å². The van der Waals surface area contributed by atoms with Crippen LogP contribution in [0.25, 0.3) is 16.9 Å². The number of hydrogen-bond acceptors (Lipinski definition) is 3. The molecule has 3 aromatic rings. The van der Waals surface area contributed by atoms with E-state index in [0.717, 1.165) is 11.9 Å². The van der Waals surface area contributed by atoms with Crippen molar-refractivity contribution in [2.45, 2.75) is 0 Å². The van der Waals surface area contributed by atoms with Gasteiger partial charge in [-0.3, -0.25) is 9.78 Å². The van der Waals surface area contributed by atoms with Gasteiger partial charge in [0, 0.05) is 23.0 Å². The molecule has 1 aromatic carbocycles. The number of nitrogens with zero attached hydrogens (tertiary/aromatic N) is 3. The standard InChI is InChI=1S/C15H9ClFN3O/c16-12-1-3-14(4-2-12)20-8-11(9-21)15(19-20)10-5-13(17)7-18-6-10/h1-9H. The van der Waals surface area contributed by atoms with Crippen LogP contribution >= 0.6 is 11.6 Å². The zero-order valence-corrected chi connectivity index (χ0v) is 11.5. The summed E-state index contributed by atoms with van der Waals surface area (Å²) in [6, 6.07) is 8.29. The van der Waals surface area contributed by atoms with Crippen LogP contribution in [0.1, 0.15) is 10.4 Å². The van der Waals surface area contributed by atoms with E-state index >= 15 is 0 Å². The summed E-state index contributed by atoms with van der Waals surface area (Å²) in [6.07, 6.45) is 4.82. The lowest BCUT2D eigenvalue weighted by atomic mass is 10.1. The Morgan fingerprint density at radius 2 is 1.95 bits per heavy atom. The maximum atomic E-state index is 13.3. The molecular weight excluding hydrogens is 293 g/mol. The van der Waals surface area contributed by atoms with Crippen LogP contribution < -0.4 is 0 Å². The third kappa shape index (κ3) is 2.68. The zero-order valence-electron chi connectivity index (χ0n) is 10.7. The number of carbonyl (C=O) groups excluding carboxylic acids is 1. The molecule has 0 bridgehead atoms. The summed E-state index contributed by atoms with van der Waals surface area (Å²) >= 11 is 5.84. The summed E-state index contributed by atoms with van der Waals surface area (Å²) in [6.45, 7) is 0. The predicted molar refractivity (Wildman–Crippen MR) is 77.2 cm³/mol. The van der Waals surface area contributed by atoms with Crippen molar-refractivity contribution >= 4 is 17.9 Å². The van der Waals surface area contributed by atoms with Gasteiger partial charge in [-0.05, 0) is 30.3 Å². The number of aromatic nitrogens is 3. The van der Waals surface area contributed by atoms with Crippen molar-refractivity contribution in [3.63, 3.8) is 0 Å². The van der Waals surface area contributed by atoms with Gasteiger partial charge in [-0.25, -0.2) is 9.07 Å². The van der Waals surface area contributed by atoms with Crippen LogP contribution in [0.4, 0.5) is 4.39 Å². The SMILES string of the molecule is O=Cc1cn(-c2ccc(Cl)cc2)nc1-c1cncc(F)c1. The number of rotatable bonds is 3. The molecule has 0 aliphatic rings. The molecule has 21 heavy (non-hydrogen) atoms. The van der Waals surface area contributed by atoms with E-state index in [2.05, 4.69) is 10.1 Å². The molecule has 0 radical (unpaired) electrons. The number of carbonyl (C=O) groups is 1. The van der Waals surface area contributed by atoms with Crippen LogP contribution in [0.15, 0.2) is 48.9 Å². The molecule has 0 aliphatic carbocycles. The molecule has 2 heterocycles. The summed E-state index contributed by atoms with van der Waals surface area (Å²) in [5.74, 6) is -0.481. The maximum absolute atomic E-state index is 13.3. The first-order valence-corrected chi connectivity index (χ1v) is 6.47. The number of benzene rings is 1. The average Bonchev–Trinajstić information content (AvgIpc) is 2.92. The molecular formula is C15H9ClFN3O. The normalized spacial score (nSPS) is 10.6. The van der Waals surface area contributed by atoms with E-state index in [4.69, 9.17) is 11.6 Å². The fourth-order valence-corrected chi connectivity index (χ4v) is 2.09. The summed E-state index contributed by atoms with van der Waals surface area (Å²) < 4.78 is 14.8. The van der Waals surface area contributed by atoms with Crippen LogP contribution in [0.2, 0.25) is 5.02 Å². The van der Waals surface area contributed by atoms with E-state index < -0.39 is 5.82 Å². The summed E-state index contributed by atoms with van der Waals surface area (Å²) in [7, 11) is 0. The lowest BCUT2D eigenvalue weighted by Gasteiger charge is -2.01. The Bertz CT molecular complexity index is 799. The van der Waals surface area contributed by atoms with Crippen molar-refractivity contribution in [3.8, 4) is 16.9 Å². The highest BCUT2D eigenvalue weighted by Gasteiger charge is 2.12. The second-order valence-corrected chi connectivity index (χ2v) is 4.80. The highest BCUT2D eigenvalue weighted by Crippen LogP contribution is 2.23. The first-order chi connectivity index (χ1) is 10.2. The molecule has 0 unspecified atom stereocenters. The fraction of sp³-hybridized carbons (Fsp3) is 0. The van der Waals surface area contributed by atoms with Crippen molar-refractivity contribution in [2.24, 2.45) is 0 Å². The number of halogens is 2. The molecule has 104 valence electrons. The molecule has 0 N–H and O–H groups in total. The third-order valence-electron chi connectivity index (χ3n) is 2.94. The van der Waals surface area contributed by atoms with Gasteiger partial charge in [-0.15, -0.1) is 0 Å². The van der Waals surface area contributed by atoms with Crippen LogP contribution in [0.5, 0.6) is 0 Å². The molecule has 0 spiro atoms. The average molecular weight is 302 g/mol. The largest absolute Gasteiger partial charge is 0.298 e. The van der Waals surface area contributed by atoms with Crippen molar-refractivity contribution in [1.82, 2.24) is 14.8 Å². The van der Waals surface area contributed by atoms with Gasteiger partial charge in [-0.1, -0.05) is 11.6 Å². The van der Waals surface area contributed by atoms with Crippen LogP contribution in [-0.4, -0.2) is 21.1 Å². The monoisotopic (exact) mass is 301 g/mol. The summed E-state index contributed by atoms with van der Waals surface area (Å²) in [5, 5.41) is 4.94. The van der Waals surface area contributed by atoms with Gasteiger partial charge in [0.2, 0.25) is 0 Å². The topological polar surface area (TPSA) is 47.8 Å². The molecule has 0 fully saturated rings. The highest BCUT2D eigenvalue weighted by molar-refractivity contribution is 6.30. The minimum Gasteiger partial charge on any atom is -0.298 e.